The Morgan fingerprint density at radius 1 is 1.33 bits per heavy atom. The molecule has 0 amide bonds. The van der Waals surface area contributed by atoms with E-state index in [-0.39, 0.29) is 17.4 Å². The molecule has 0 aromatic carbocycles. The first-order chi connectivity index (χ1) is 9.83. The molecule has 1 aromatic heterocycles. The van der Waals surface area contributed by atoms with Crippen LogP contribution in [0.1, 0.15) is 43.5 Å². The zero-order chi connectivity index (χ0) is 15.6. The summed E-state index contributed by atoms with van der Waals surface area (Å²) in [5, 5.41) is 14.3. The van der Waals surface area contributed by atoms with Gasteiger partial charge < -0.3 is 5.11 Å². The van der Waals surface area contributed by atoms with Gasteiger partial charge in [-0.3, -0.25) is 4.68 Å². The quantitative estimate of drug-likeness (QED) is 0.856. The van der Waals surface area contributed by atoms with Crippen LogP contribution in [-0.4, -0.2) is 36.0 Å². The van der Waals surface area contributed by atoms with Gasteiger partial charge in [-0.2, -0.15) is 5.10 Å². The lowest BCUT2D eigenvalue weighted by Gasteiger charge is -2.26. The topological polar surface area (TPSA) is 84.2 Å². The van der Waals surface area contributed by atoms with Crippen LogP contribution in [0.15, 0.2) is 4.90 Å². The van der Waals surface area contributed by atoms with Crippen molar-refractivity contribution in [2.24, 2.45) is 13.0 Å². The molecule has 1 aliphatic carbocycles. The molecular formula is C14H25N3O3S. The van der Waals surface area contributed by atoms with Crippen molar-refractivity contribution in [2.45, 2.75) is 57.0 Å². The van der Waals surface area contributed by atoms with Gasteiger partial charge in [-0.05, 0) is 32.6 Å². The van der Waals surface area contributed by atoms with Crippen molar-refractivity contribution < 1.29 is 13.5 Å². The second-order valence-corrected chi connectivity index (χ2v) is 7.64. The number of hydrogen-bond acceptors (Lipinski definition) is 4. The maximum absolute atomic E-state index is 12.4. The molecule has 0 spiro atoms. The Kier molecular flexibility index (Phi) is 5.06. The number of hydrogen-bond donors (Lipinski definition) is 2. The molecule has 0 aliphatic heterocycles. The number of aromatic nitrogens is 2. The van der Waals surface area contributed by atoms with E-state index in [1.54, 1.807) is 25.6 Å². The minimum atomic E-state index is -3.63. The lowest BCUT2D eigenvalue weighted by molar-refractivity contribution is 0.0888. The van der Waals surface area contributed by atoms with Crippen LogP contribution in [0, 0.1) is 19.8 Å². The first-order valence-corrected chi connectivity index (χ1v) is 8.99. The van der Waals surface area contributed by atoms with Crippen LogP contribution in [0.25, 0.3) is 0 Å². The maximum atomic E-state index is 12.4. The summed E-state index contributed by atoms with van der Waals surface area (Å²) in [6.45, 7) is 3.48. The molecule has 1 unspecified atom stereocenters. The van der Waals surface area contributed by atoms with Crippen molar-refractivity contribution >= 4 is 10.0 Å². The molecule has 6 nitrogen and oxygen atoms in total. The third-order valence-corrected chi connectivity index (χ3v) is 6.06. The van der Waals surface area contributed by atoms with Gasteiger partial charge in [-0.25, -0.2) is 13.1 Å². The Bertz CT molecular complexity index is 589. The van der Waals surface area contributed by atoms with E-state index in [1.165, 1.54) is 6.42 Å². The molecule has 0 bridgehead atoms. The lowest BCUT2D eigenvalue weighted by Crippen LogP contribution is -2.37. The van der Waals surface area contributed by atoms with Gasteiger partial charge in [0.05, 0.1) is 17.5 Å². The van der Waals surface area contributed by atoms with Gasteiger partial charge >= 0.3 is 0 Å². The number of sulfonamides is 1. The summed E-state index contributed by atoms with van der Waals surface area (Å²) in [5.41, 5.74) is 1.09. The first kappa shape index (κ1) is 16.5. The summed E-state index contributed by atoms with van der Waals surface area (Å²) in [6, 6.07) is 0. The Labute approximate surface area is 126 Å². The van der Waals surface area contributed by atoms with Gasteiger partial charge in [0.25, 0.3) is 0 Å². The van der Waals surface area contributed by atoms with Gasteiger partial charge in [0, 0.05) is 13.6 Å². The monoisotopic (exact) mass is 315 g/mol. The SMILES string of the molecule is Cc1nn(C)c(C)c1S(=O)(=O)NCC(O)C1CCCCC1. The first-order valence-electron chi connectivity index (χ1n) is 7.51. The van der Waals surface area contributed by atoms with Gasteiger partial charge in [0.1, 0.15) is 4.90 Å². The molecule has 1 atom stereocenters. The van der Waals surface area contributed by atoms with Crippen molar-refractivity contribution in [3.8, 4) is 0 Å². The number of aliphatic hydroxyl groups excluding tert-OH is 1. The summed E-state index contributed by atoms with van der Waals surface area (Å²) in [6.07, 6.45) is 4.80. The molecule has 0 saturated heterocycles. The highest BCUT2D eigenvalue weighted by Crippen LogP contribution is 2.26. The zero-order valence-electron chi connectivity index (χ0n) is 13.0. The molecule has 1 aliphatic rings. The summed E-state index contributed by atoms with van der Waals surface area (Å²) in [7, 11) is -1.91. The summed E-state index contributed by atoms with van der Waals surface area (Å²) in [5.74, 6) is 0.206. The zero-order valence-corrected chi connectivity index (χ0v) is 13.8. The van der Waals surface area contributed by atoms with Crippen LogP contribution in [0.2, 0.25) is 0 Å². The van der Waals surface area contributed by atoms with Crippen LogP contribution in [0.4, 0.5) is 0 Å². The van der Waals surface area contributed by atoms with Gasteiger partial charge in [-0.1, -0.05) is 19.3 Å². The smallest absolute Gasteiger partial charge is 0.244 e. The number of aliphatic hydroxyl groups is 1. The van der Waals surface area contributed by atoms with Crippen molar-refractivity contribution in [3.05, 3.63) is 11.4 Å². The van der Waals surface area contributed by atoms with E-state index in [4.69, 9.17) is 0 Å². The molecular weight excluding hydrogens is 290 g/mol. The average molecular weight is 315 g/mol. The molecule has 1 fully saturated rings. The Balaban J connectivity index is 2.04. The molecule has 2 N–H and O–H groups in total. The number of aryl methyl sites for hydroxylation is 2. The van der Waals surface area contributed by atoms with Crippen LogP contribution < -0.4 is 4.72 Å². The number of nitrogens with zero attached hydrogens (tertiary/aromatic N) is 2. The summed E-state index contributed by atoms with van der Waals surface area (Å²) < 4.78 is 28.9. The predicted octanol–water partition coefficient (Wildman–Crippen LogP) is 1.26. The Hall–Kier alpha value is -0.920. The van der Waals surface area contributed by atoms with Gasteiger partial charge in [-0.15, -0.1) is 0 Å². The molecule has 0 radical (unpaired) electrons. The Morgan fingerprint density at radius 3 is 2.48 bits per heavy atom. The van der Waals surface area contributed by atoms with E-state index in [0.29, 0.717) is 11.4 Å². The van der Waals surface area contributed by atoms with Crippen molar-refractivity contribution in [1.29, 1.82) is 0 Å². The minimum absolute atomic E-state index is 0.0702. The van der Waals surface area contributed by atoms with E-state index < -0.39 is 16.1 Å². The van der Waals surface area contributed by atoms with Crippen LogP contribution >= 0.6 is 0 Å². The van der Waals surface area contributed by atoms with E-state index in [2.05, 4.69) is 9.82 Å². The van der Waals surface area contributed by atoms with Gasteiger partial charge in [0.15, 0.2) is 0 Å². The predicted molar refractivity (Wildman–Crippen MR) is 80.5 cm³/mol. The number of nitrogens with one attached hydrogen (secondary N) is 1. The Morgan fingerprint density at radius 2 is 1.95 bits per heavy atom. The molecule has 2 rings (SSSR count). The second kappa shape index (κ2) is 6.46. The third kappa shape index (κ3) is 3.64. The maximum Gasteiger partial charge on any atom is 0.244 e. The average Bonchev–Trinajstić information content (AvgIpc) is 2.71. The van der Waals surface area contributed by atoms with E-state index in [0.717, 1.165) is 25.7 Å². The molecule has 7 heteroatoms. The van der Waals surface area contributed by atoms with E-state index in [1.807, 2.05) is 0 Å². The fourth-order valence-electron chi connectivity index (χ4n) is 3.10. The highest BCUT2D eigenvalue weighted by Gasteiger charge is 2.27. The van der Waals surface area contributed by atoms with Crippen LogP contribution in [-0.2, 0) is 17.1 Å². The molecule has 21 heavy (non-hydrogen) atoms. The molecule has 1 heterocycles. The fraction of sp³-hybridized carbons (Fsp3) is 0.786. The van der Waals surface area contributed by atoms with Crippen molar-refractivity contribution in [3.63, 3.8) is 0 Å². The van der Waals surface area contributed by atoms with E-state index >= 15 is 0 Å². The lowest BCUT2D eigenvalue weighted by atomic mass is 9.85. The highest BCUT2D eigenvalue weighted by molar-refractivity contribution is 7.89. The van der Waals surface area contributed by atoms with Crippen LogP contribution in [0.3, 0.4) is 0 Å². The minimum Gasteiger partial charge on any atom is -0.391 e. The van der Waals surface area contributed by atoms with Crippen LogP contribution in [0.5, 0.6) is 0 Å². The summed E-state index contributed by atoms with van der Waals surface area (Å²) >= 11 is 0. The summed E-state index contributed by atoms with van der Waals surface area (Å²) in [4.78, 5) is 0.223. The van der Waals surface area contributed by atoms with Gasteiger partial charge in [0.2, 0.25) is 10.0 Å². The largest absolute Gasteiger partial charge is 0.391 e. The number of rotatable bonds is 5. The normalized spacial score (nSPS) is 18.9. The third-order valence-electron chi connectivity index (χ3n) is 4.39. The second-order valence-electron chi connectivity index (χ2n) is 5.94. The van der Waals surface area contributed by atoms with E-state index in [9.17, 15) is 13.5 Å². The molecule has 120 valence electrons. The van der Waals surface area contributed by atoms with Crippen molar-refractivity contribution in [1.82, 2.24) is 14.5 Å². The molecule has 1 saturated carbocycles. The fourth-order valence-corrected chi connectivity index (χ4v) is 4.58. The highest BCUT2D eigenvalue weighted by atomic mass is 32.2. The van der Waals surface area contributed by atoms with Crippen molar-refractivity contribution in [2.75, 3.05) is 6.54 Å². The molecule has 1 aromatic rings. The standard InChI is InChI=1S/C14H25N3O3S/c1-10-14(11(2)17(3)16-10)21(19,20)15-9-13(18)12-7-5-4-6-8-12/h12-13,15,18H,4-9H2,1-3H3.